The molecule has 184 valence electrons. The van der Waals surface area contributed by atoms with Gasteiger partial charge in [-0.25, -0.2) is 13.2 Å². The minimum atomic E-state index is -4.20. The van der Waals surface area contributed by atoms with Crippen molar-refractivity contribution in [3.8, 4) is 0 Å². The predicted molar refractivity (Wildman–Crippen MR) is 130 cm³/mol. The van der Waals surface area contributed by atoms with E-state index in [2.05, 4.69) is 4.98 Å². The highest BCUT2D eigenvalue weighted by Crippen LogP contribution is 2.40. The number of anilines is 1. The second-order valence-electron chi connectivity index (χ2n) is 9.17. The molecular weight excluding hydrogens is 472 g/mol. The molecule has 0 bridgehead atoms. The van der Waals surface area contributed by atoms with Gasteiger partial charge in [0.05, 0.1) is 21.0 Å². The van der Waals surface area contributed by atoms with Gasteiger partial charge in [0.2, 0.25) is 9.84 Å². The number of pyridine rings is 1. The highest BCUT2D eigenvalue weighted by molar-refractivity contribution is 7.91. The molecule has 1 fully saturated rings. The zero-order chi connectivity index (χ0) is 25.4. The molecule has 2 aromatic carbocycles. The first kappa shape index (κ1) is 24.4. The van der Waals surface area contributed by atoms with Gasteiger partial charge >= 0.3 is 6.09 Å². The van der Waals surface area contributed by atoms with Crippen LogP contribution < -0.4 is 4.90 Å². The van der Waals surface area contributed by atoms with E-state index in [0.29, 0.717) is 37.4 Å². The largest absolute Gasteiger partial charge is 0.444 e. The SMILES string of the molecule is CC(C)(C)OC(=O)N1CCN(c2cc([N+](=O)[O-])c(S(=O)(=O)c3ccccc3)c3cccnc23)CC1. The van der Waals surface area contributed by atoms with Gasteiger partial charge in [0.1, 0.15) is 5.60 Å². The smallest absolute Gasteiger partial charge is 0.410 e. The van der Waals surface area contributed by atoms with Gasteiger partial charge in [0.25, 0.3) is 5.69 Å². The molecule has 4 rings (SSSR count). The fraction of sp³-hybridized carbons (Fsp3) is 0.333. The molecule has 11 heteroatoms. The third kappa shape index (κ3) is 4.90. The molecule has 10 nitrogen and oxygen atoms in total. The molecule has 0 spiro atoms. The van der Waals surface area contributed by atoms with Crippen molar-refractivity contribution >= 4 is 38.2 Å². The average Bonchev–Trinajstić information content (AvgIpc) is 2.82. The molecule has 1 aliphatic heterocycles. The van der Waals surface area contributed by atoms with E-state index in [-0.39, 0.29) is 15.2 Å². The number of carbonyl (C=O) groups excluding carboxylic acids is 1. The molecule has 1 amide bonds. The van der Waals surface area contributed by atoms with Crippen molar-refractivity contribution in [3.63, 3.8) is 0 Å². The number of amides is 1. The highest BCUT2D eigenvalue weighted by Gasteiger charge is 2.34. The minimum absolute atomic E-state index is 0.0352. The fourth-order valence-corrected chi connectivity index (χ4v) is 5.64. The van der Waals surface area contributed by atoms with Crippen LogP contribution in [0.25, 0.3) is 10.9 Å². The summed E-state index contributed by atoms with van der Waals surface area (Å²) in [7, 11) is -4.20. The molecular formula is C24H26N4O6S. The molecule has 3 aromatic rings. The third-order valence-electron chi connectivity index (χ3n) is 5.59. The second-order valence-corrected chi connectivity index (χ2v) is 11.1. The minimum Gasteiger partial charge on any atom is -0.444 e. The van der Waals surface area contributed by atoms with E-state index in [0.717, 1.165) is 0 Å². The molecule has 0 atom stereocenters. The van der Waals surface area contributed by atoms with E-state index in [1.165, 1.54) is 30.5 Å². The summed E-state index contributed by atoms with van der Waals surface area (Å²) in [4.78, 5) is 31.3. The monoisotopic (exact) mass is 498 g/mol. The maximum Gasteiger partial charge on any atom is 0.410 e. The van der Waals surface area contributed by atoms with Crippen molar-refractivity contribution in [1.82, 2.24) is 9.88 Å². The summed E-state index contributed by atoms with van der Waals surface area (Å²) >= 11 is 0. The molecule has 0 aliphatic carbocycles. The predicted octanol–water partition coefficient (Wildman–Crippen LogP) is 4.03. The lowest BCUT2D eigenvalue weighted by atomic mass is 10.1. The summed E-state index contributed by atoms with van der Waals surface area (Å²) in [5, 5.41) is 12.3. The molecule has 0 unspecified atom stereocenters. The van der Waals surface area contributed by atoms with Crippen molar-refractivity contribution in [2.75, 3.05) is 31.1 Å². The summed E-state index contributed by atoms with van der Waals surface area (Å²) < 4.78 is 32.4. The Balaban J connectivity index is 1.76. The van der Waals surface area contributed by atoms with Crippen LogP contribution in [0.1, 0.15) is 20.8 Å². The number of nitro groups is 1. The fourth-order valence-electron chi connectivity index (χ4n) is 4.03. The van der Waals surface area contributed by atoms with E-state index in [1.807, 2.05) is 4.90 Å². The Morgan fingerprint density at radius 3 is 2.31 bits per heavy atom. The number of aromatic nitrogens is 1. The van der Waals surface area contributed by atoms with Gasteiger partial charge in [-0.2, -0.15) is 0 Å². The number of nitro benzene ring substituents is 1. The Morgan fingerprint density at radius 2 is 1.71 bits per heavy atom. The molecule has 2 heterocycles. The standard InChI is InChI=1S/C24H26N4O6S/c1-24(2,3)34-23(29)27-14-12-26(13-15-27)19-16-20(28(30)31)22(18-10-7-11-25-21(18)19)35(32,33)17-8-5-4-6-9-17/h4-11,16H,12-15H2,1-3H3. The number of nitrogens with zero attached hydrogens (tertiary/aromatic N) is 4. The first-order valence-electron chi connectivity index (χ1n) is 11.1. The van der Waals surface area contributed by atoms with Crippen LogP contribution in [0.2, 0.25) is 0 Å². The molecule has 1 aromatic heterocycles. The van der Waals surface area contributed by atoms with E-state index in [4.69, 9.17) is 4.74 Å². The van der Waals surface area contributed by atoms with E-state index < -0.39 is 32.1 Å². The van der Waals surface area contributed by atoms with Crippen LogP contribution in [0, 0.1) is 10.1 Å². The van der Waals surface area contributed by atoms with Crippen LogP contribution in [-0.2, 0) is 14.6 Å². The van der Waals surface area contributed by atoms with E-state index >= 15 is 0 Å². The van der Waals surface area contributed by atoms with Crippen molar-refractivity contribution in [2.24, 2.45) is 0 Å². The van der Waals surface area contributed by atoms with Gasteiger partial charge in [0.15, 0.2) is 4.90 Å². The quantitative estimate of drug-likeness (QED) is 0.390. The van der Waals surface area contributed by atoms with Crippen molar-refractivity contribution in [3.05, 3.63) is 64.8 Å². The number of hydrogen-bond donors (Lipinski definition) is 0. The van der Waals surface area contributed by atoms with Gasteiger partial charge < -0.3 is 14.5 Å². The molecule has 0 radical (unpaired) electrons. The lowest BCUT2D eigenvalue weighted by Crippen LogP contribution is -2.50. The molecule has 0 saturated carbocycles. The van der Waals surface area contributed by atoms with Crippen LogP contribution in [0.5, 0.6) is 0 Å². The number of piperazine rings is 1. The summed E-state index contributed by atoms with van der Waals surface area (Å²) in [5.74, 6) is 0. The molecule has 0 N–H and O–H groups in total. The number of hydrogen-bond acceptors (Lipinski definition) is 8. The molecule has 1 saturated heterocycles. The van der Waals surface area contributed by atoms with Gasteiger partial charge in [-0.05, 0) is 45.0 Å². The Morgan fingerprint density at radius 1 is 1.06 bits per heavy atom. The lowest BCUT2D eigenvalue weighted by Gasteiger charge is -2.37. The topological polar surface area (TPSA) is 123 Å². The van der Waals surface area contributed by atoms with Crippen LogP contribution in [0.3, 0.4) is 0 Å². The van der Waals surface area contributed by atoms with Crippen LogP contribution in [0.15, 0.2) is 64.5 Å². The number of rotatable bonds is 4. The zero-order valence-corrected chi connectivity index (χ0v) is 20.5. The summed E-state index contributed by atoms with van der Waals surface area (Å²) in [5.41, 5.74) is -0.338. The highest BCUT2D eigenvalue weighted by atomic mass is 32.2. The van der Waals surface area contributed by atoms with Gasteiger partial charge in [-0.3, -0.25) is 15.1 Å². The Labute approximate surface area is 203 Å². The summed E-state index contributed by atoms with van der Waals surface area (Å²) in [6.45, 7) is 6.84. The van der Waals surface area contributed by atoms with Crippen molar-refractivity contribution < 1.29 is 22.9 Å². The first-order chi connectivity index (χ1) is 16.5. The number of sulfone groups is 1. The maximum atomic E-state index is 13.5. The van der Waals surface area contributed by atoms with Crippen molar-refractivity contribution in [1.29, 1.82) is 0 Å². The van der Waals surface area contributed by atoms with Crippen LogP contribution >= 0.6 is 0 Å². The number of carbonyl (C=O) groups is 1. The van der Waals surface area contributed by atoms with E-state index in [9.17, 15) is 23.3 Å². The van der Waals surface area contributed by atoms with E-state index in [1.54, 1.807) is 49.9 Å². The number of fused-ring (bicyclic) bond motifs is 1. The summed E-state index contributed by atoms with van der Waals surface area (Å²) in [6, 6.07) is 12.0. The number of benzene rings is 2. The summed E-state index contributed by atoms with van der Waals surface area (Å²) in [6.07, 6.45) is 1.10. The lowest BCUT2D eigenvalue weighted by molar-refractivity contribution is -0.387. The van der Waals surface area contributed by atoms with Crippen molar-refractivity contribution in [2.45, 2.75) is 36.2 Å². The Bertz CT molecular complexity index is 1380. The molecule has 35 heavy (non-hydrogen) atoms. The van der Waals surface area contributed by atoms with Gasteiger partial charge in [-0.15, -0.1) is 0 Å². The Kier molecular flexibility index (Phi) is 6.37. The van der Waals surface area contributed by atoms with Crippen LogP contribution in [0.4, 0.5) is 16.2 Å². The first-order valence-corrected chi connectivity index (χ1v) is 12.6. The second kappa shape index (κ2) is 9.14. The van der Waals surface area contributed by atoms with Gasteiger partial charge in [0, 0.05) is 43.8 Å². The third-order valence-corrected chi connectivity index (χ3v) is 7.45. The van der Waals surface area contributed by atoms with Gasteiger partial charge in [-0.1, -0.05) is 18.2 Å². The normalized spacial score (nSPS) is 14.7. The number of ether oxygens (including phenoxy) is 1. The van der Waals surface area contributed by atoms with Crippen LogP contribution in [-0.4, -0.2) is 61.1 Å². The maximum absolute atomic E-state index is 13.5. The zero-order valence-electron chi connectivity index (χ0n) is 19.7. The average molecular weight is 499 g/mol. The Hall–Kier alpha value is -3.73. The molecule has 1 aliphatic rings.